The quantitative estimate of drug-likeness (QED) is 0.554. The first-order valence-electron chi connectivity index (χ1n) is 9.00. The topological polar surface area (TPSA) is 35.8 Å². The van der Waals surface area contributed by atoms with Crippen LogP contribution in [0.15, 0.2) is 66.9 Å². The van der Waals surface area contributed by atoms with Gasteiger partial charge in [-0.15, -0.1) is 0 Å². The van der Waals surface area contributed by atoms with Crippen LogP contribution < -0.4 is 9.47 Å². The fourth-order valence-electron chi connectivity index (χ4n) is 3.09. The van der Waals surface area contributed by atoms with Gasteiger partial charge in [0.15, 0.2) is 6.20 Å². The monoisotopic (exact) mass is 355 g/mol. The van der Waals surface area contributed by atoms with E-state index in [1.54, 1.807) is 0 Å². The number of fused-ring (bicyclic) bond motifs is 1. The number of aryl methyl sites for hydroxylation is 1. The Kier molecular flexibility index (Phi) is 4.47. The van der Waals surface area contributed by atoms with Gasteiger partial charge in [0.1, 0.15) is 12.9 Å². The number of benzene rings is 2. The van der Waals surface area contributed by atoms with E-state index in [4.69, 9.17) is 0 Å². The normalized spacial score (nSPS) is 11.4. The molecule has 0 unspecified atom stereocenters. The van der Waals surface area contributed by atoms with Crippen LogP contribution in [0.4, 0.5) is 5.69 Å². The van der Waals surface area contributed by atoms with Gasteiger partial charge in [0.25, 0.3) is 0 Å². The molecule has 0 amide bonds. The van der Waals surface area contributed by atoms with Crippen LogP contribution in [0.2, 0.25) is 0 Å². The Morgan fingerprint density at radius 3 is 2.41 bits per heavy atom. The predicted molar refractivity (Wildman–Crippen MR) is 112 cm³/mol. The van der Waals surface area contributed by atoms with Crippen molar-refractivity contribution in [1.29, 1.82) is 0 Å². The molecule has 1 N–H and O–H groups in total. The lowest BCUT2D eigenvalue weighted by atomic mass is 10.1. The number of hydrogen-bond donors (Lipinski definition) is 1. The highest BCUT2D eigenvalue weighted by atomic mass is 15.1. The summed E-state index contributed by atoms with van der Waals surface area (Å²) in [7, 11) is 6.16. The second-order valence-corrected chi connectivity index (χ2v) is 6.88. The molecule has 0 saturated carbocycles. The molecule has 0 aliphatic heterocycles. The molecular formula is C23H23N4+. The lowest BCUT2D eigenvalue weighted by Crippen LogP contribution is -2.31. The number of rotatable bonds is 4. The van der Waals surface area contributed by atoms with E-state index >= 15 is 0 Å². The van der Waals surface area contributed by atoms with Crippen molar-refractivity contribution in [3.63, 3.8) is 0 Å². The highest BCUT2D eigenvalue weighted by Crippen LogP contribution is 2.20. The van der Waals surface area contributed by atoms with Crippen molar-refractivity contribution in [1.82, 2.24) is 9.97 Å². The van der Waals surface area contributed by atoms with Gasteiger partial charge in [-0.05, 0) is 42.0 Å². The highest BCUT2D eigenvalue weighted by Gasteiger charge is 2.10. The van der Waals surface area contributed by atoms with Crippen molar-refractivity contribution < 1.29 is 4.57 Å². The lowest BCUT2D eigenvalue weighted by molar-refractivity contribution is -0.672. The molecule has 0 aliphatic carbocycles. The minimum Gasteiger partial charge on any atom is -0.378 e. The maximum absolute atomic E-state index is 4.68. The summed E-state index contributed by atoms with van der Waals surface area (Å²) in [6.45, 7) is 0. The van der Waals surface area contributed by atoms with E-state index in [0.717, 1.165) is 28.1 Å². The molecule has 0 atom stereocenters. The maximum Gasteiger partial charge on any atom is 0.204 e. The number of para-hydroxylation sites is 2. The van der Waals surface area contributed by atoms with Crippen LogP contribution in [0.1, 0.15) is 11.3 Å². The van der Waals surface area contributed by atoms with Gasteiger partial charge in [0, 0.05) is 31.9 Å². The Hall–Kier alpha value is -3.40. The third-order valence-corrected chi connectivity index (χ3v) is 4.69. The van der Waals surface area contributed by atoms with Gasteiger partial charge < -0.3 is 9.88 Å². The molecular weight excluding hydrogens is 332 g/mol. The number of nitrogens with zero attached hydrogens (tertiary/aromatic N) is 3. The molecule has 4 heteroatoms. The van der Waals surface area contributed by atoms with E-state index in [9.17, 15) is 0 Å². The Balaban J connectivity index is 1.58. The Morgan fingerprint density at radius 1 is 0.926 bits per heavy atom. The summed E-state index contributed by atoms with van der Waals surface area (Å²) in [4.78, 5) is 10.2. The molecule has 0 bridgehead atoms. The third kappa shape index (κ3) is 3.60. The number of hydrogen-bond acceptors (Lipinski definition) is 2. The molecule has 0 spiro atoms. The van der Waals surface area contributed by atoms with Crippen molar-refractivity contribution in [3.05, 3.63) is 78.1 Å². The van der Waals surface area contributed by atoms with Crippen LogP contribution in [0.25, 0.3) is 34.6 Å². The average Bonchev–Trinajstić information content (AvgIpc) is 3.11. The Morgan fingerprint density at radius 2 is 1.70 bits per heavy atom. The van der Waals surface area contributed by atoms with Crippen LogP contribution >= 0.6 is 0 Å². The molecule has 0 radical (unpaired) electrons. The lowest BCUT2D eigenvalue weighted by Gasteiger charge is -2.11. The summed E-state index contributed by atoms with van der Waals surface area (Å²) in [6, 6.07) is 20.8. The average molecular weight is 355 g/mol. The largest absolute Gasteiger partial charge is 0.378 e. The zero-order valence-corrected chi connectivity index (χ0v) is 15.8. The SMILES string of the molecule is CN(C)c1ccc(/C=C/c2ccc(-c3nc4ccccc4[nH]3)c[n+]2C)cc1. The van der Waals surface area contributed by atoms with Crippen LogP contribution in [0.3, 0.4) is 0 Å². The molecule has 134 valence electrons. The first-order chi connectivity index (χ1) is 13.1. The molecule has 0 aliphatic rings. The van der Waals surface area contributed by atoms with Gasteiger partial charge in [-0.1, -0.05) is 24.3 Å². The van der Waals surface area contributed by atoms with Gasteiger partial charge in [-0.2, -0.15) is 0 Å². The molecule has 4 rings (SSSR count). The summed E-state index contributed by atoms with van der Waals surface area (Å²) >= 11 is 0. The summed E-state index contributed by atoms with van der Waals surface area (Å²) in [5.41, 5.74) is 6.63. The van der Waals surface area contributed by atoms with E-state index in [2.05, 4.69) is 95.3 Å². The summed E-state index contributed by atoms with van der Waals surface area (Å²) in [5.74, 6) is 0.890. The Bertz CT molecular complexity index is 1070. The maximum atomic E-state index is 4.68. The second-order valence-electron chi connectivity index (χ2n) is 6.88. The molecule has 2 heterocycles. The van der Waals surface area contributed by atoms with Crippen molar-refractivity contribution in [2.24, 2.45) is 7.05 Å². The van der Waals surface area contributed by atoms with Gasteiger partial charge in [0.2, 0.25) is 5.69 Å². The molecule has 0 saturated heterocycles. The zero-order valence-electron chi connectivity index (χ0n) is 15.8. The number of pyridine rings is 1. The molecule has 0 fully saturated rings. The number of aromatic amines is 1. The molecule has 27 heavy (non-hydrogen) atoms. The van der Waals surface area contributed by atoms with E-state index < -0.39 is 0 Å². The molecule has 4 nitrogen and oxygen atoms in total. The summed E-state index contributed by atoms with van der Waals surface area (Å²) < 4.78 is 2.12. The van der Waals surface area contributed by atoms with Crippen molar-refractivity contribution >= 4 is 28.9 Å². The van der Waals surface area contributed by atoms with E-state index in [1.807, 2.05) is 24.3 Å². The number of aromatic nitrogens is 3. The molecule has 2 aromatic heterocycles. The minimum absolute atomic E-state index is 0.890. The van der Waals surface area contributed by atoms with Crippen LogP contribution in [0.5, 0.6) is 0 Å². The fraction of sp³-hybridized carbons (Fsp3) is 0.130. The number of nitrogens with one attached hydrogen (secondary N) is 1. The number of H-pyrrole nitrogens is 1. The first-order valence-corrected chi connectivity index (χ1v) is 9.00. The standard InChI is InChI=1S/C23H23N4/c1-26(2)19-12-8-17(9-13-19)10-14-20-15-11-18(16-27(20)3)23-24-21-6-4-5-7-22(21)25-23/h4-16H,1-3H3,(H,24,25)/q+1. The number of imidazole rings is 1. The summed E-state index contributed by atoms with van der Waals surface area (Å²) in [5, 5.41) is 0. The predicted octanol–water partition coefficient (Wildman–Crippen LogP) is 4.29. The Labute approximate surface area is 159 Å². The van der Waals surface area contributed by atoms with Crippen LogP contribution in [-0.4, -0.2) is 24.1 Å². The van der Waals surface area contributed by atoms with E-state index in [-0.39, 0.29) is 0 Å². The molecule has 4 aromatic rings. The van der Waals surface area contributed by atoms with E-state index in [0.29, 0.717) is 0 Å². The zero-order chi connectivity index (χ0) is 18.8. The van der Waals surface area contributed by atoms with Crippen molar-refractivity contribution in [2.45, 2.75) is 0 Å². The third-order valence-electron chi connectivity index (χ3n) is 4.69. The highest BCUT2D eigenvalue weighted by molar-refractivity contribution is 5.79. The fourth-order valence-corrected chi connectivity index (χ4v) is 3.09. The van der Waals surface area contributed by atoms with Crippen molar-refractivity contribution in [2.75, 3.05) is 19.0 Å². The molecule has 2 aromatic carbocycles. The van der Waals surface area contributed by atoms with Crippen molar-refractivity contribution in [3.8, 4) is 11.4 Å². The van der Waals surface area contributed by atoms with Gasteiger partial charge in [-0.3, -0.25) is 0 Å². The van der Waals surface area contributed by atoms with Gasteiger partial charge in [-0.25, -0.2) is 9.55 Å². The van der Waals surface area contributed by atoms with E-state index in [1.165, 1.54) is 11.3 Å². The minimum atomic E-state index is 0.890. The smallest absolute Gasteiger partial charge is 0.204 e. The number of anilines is 1. The van der Waals surface area contributed by atoms with Crippen LogP contribution in [-0.2, 0) is 7.05 Å². The first kappa shape index (κ1) is 17.0. The van der Waals surface area contributed by atoms with Gasteiger partial charge in [0.05, 0.1) is 16.6 Å². The van der Waals surface area contributed by atoms with Gasteiger partial charge >= 0.3 is 0 Å². The summed E-state index contributed by atoms with van der Waals surface area (Å²) in [6.07, 6.45) is 6.37. The van der Waals surface area contributed by atoms with Crippen LogP contribution in [0, 0.1) is 0 Å². The second kappa shape index (κ2) is 7.08.